The third-order valence-corrected chi connectivity index (χ3v) is 3.94. The van der Waals surface area contributed by atoms with Crippen LogP contribution in [0.5, 0.6) is 0 Å². The fourth-order valence-corrected chi connectivity index (χ4v) is 2.52. The van der Waals surface area contributed by atoms with Crippen LogP contribution < -0.4 is 0 Å². The molecule has 0 aliphatic carbocycles. The molecule has 0 N–H and O–H groups in total. The number of hydrogen-bond acceptors (Lipinski definition) is 2. The molecule has 0 fully saturated rings. The van der Waals surface area contributed by atoms with Gasteiger partial charge in [0.05, 0.1) is 12.1 Å². The van der Waals surface area contributed by atoms with Crippen LogP contribution in [-0.2, 0) is 24.8 Å². The summed E-state index contributed by atoms with van der Waals surface area (Å²) in [5, 5.41) is 4.38. The molecule has 0 radical (unpaired) electrons. The summed E-state index contributed by atoms with van der Waals surface area (Å²) in [7, 11) is 1.91. The van der Waals surface area contributed by atoms with Gasteiger partial charge in [-0.05, 0) is 26.3 Å². The summed E-state index contributed by atoms with van der Waals surface area (Å²) >= 11 is 0. The van der Waals surface area contributed by atoms with Gasteiger partial charge < -0.3 is 4.90 Å². The standard InChI is InChI=1S/C17H23N3O/c1-5-20(12-15-9-7-6-8-10-15)17(21)11-16-13(2)18-19(4)14(16)3/h6-10H,5,11-12H2,1-4H3. The summed E-state index contributed by atoms with van der Waals surface area (Å²) in [5.41, 5.74) is 4.22. The van der Waals surface area contributed by atoms with E-state index in [0.717, 1.165) is 22.5 Å². The van der Waals surface area contributed by atoms with E-state index in [1.54, 1.807) is 0 Å². The Morgan fingerprint density at radius 3 is 2.43 bits per heavy atom. The summed E-state index contributed by atoms with van der Waals surface area (Å²) in [6.07, 6.45) is 0.423. The third-order valence-electron chi connectivity index (χ3n) is 3.94. The van der Waals surface area contributed by atoms with Crippen LogP contribution in [0.25, 0.3) is 0 Å². The molecule has 1 aromatic heterocycles. The van der Waals surface area contributed by atoms with Crippen LogP contribution in [0.3, 0.4) is 0 Å². The smallest absolute Gasteiger partial charge is 0.227 e. The first-order chi connectivity index (χ1) is 10.0. The summed E-state index contributed by atoms with van der Waals surface area (Å²) in [4.78, 5) is 14.4. The number of aromatic nitrogens is 2. The fraction of sp³-hybridized carbons (Fsp3) is 0.412. The lowest BCUT2D eigenvalue weighted by atomic mass is 10.1. The number of amides is 1. The number of rotatable bonds is 5. The summed E-state index contributed by atoms with van der Waals surface area (Å²) in [6.45, 7) is 7.36. The lowest BCUT2D eigenvalue weighted by Crippen LogP contribution is -2.31. The molecular formula is C17H23N3O. The summed E-state index contributed by atoms with van der Waals surface area (Å²) in [5.74, 6) is 0.153. The number of aryl methyl sites for hydroxylation is 2. The normalized spacial score (nSPS) is 10.7. The second-order valence-corrected chi connectivity index (χ2v) is 5.34. The van der Waals surface area contributed by atoms with Gasteiger partial charge in [0.25, 0.3) is 0 Å². The maximum Gasteiger partial charge on any atom is 0.227 e. The zero-order valence-electron chi connectivity index (χ0n) is 13.3. The Morgan fingerprint density at radius 2 is 1.90 bits per heavy atom. The van der Waals surface area contributed by atoms with E-state index in [-0.39, 0.29) is 5.91 Å². The quantitative estimate of drug-likeness (QED) is 0.847. The Labute approximate surface area is 126 Å². The van der Waals surface area contributed by atoms with Crippen molar-refractivity contribution < 1.29 is 4.79 Å². The van der Waals surface area contributed by atoms with Crippen molar-refractivity contribution >= 4 is 5.91 Å². The average Bonchev–Trinajstić information content (AvgIpc) is 2.72. The van der Waals surface area contributed by atoms with Crippen molar-refractivity contribution in [1.29, 1.82) is 0 Å². The zero-order chi connectivity index (χ0) is 15.4. The first kappa shape index (κ1) is 15.3. The van der Waals surface area contributed by atoms with Gasteiger partial charge in [-0.3, -0.25) is 9.48 Å². The molecule has 2 rings (SSSR count). The minimum Gasteiger partial charge on any atom is -0.338 e. The van der Waals surface area contributed by atoms with Crippen molar-refractivity contribution in [2.45, 2.75) is 33.7 Å². The third kappa shape index (κ3) is 3.51. The van der Waals surface area contributed by atoms with Crippen molar-refractivity contribution in [3.05, 3.63) is 52.8 Å². The van der Waals surface area contributed by atoms with Gasteiger partial charge in [0.15, 0.2) is 0 Å². The van der Waals surface area contributed by atoms with Gasteiger partial charge in [0, 0.05) is 31.4 Å². The second-order valence-electron chi connectivity index (χ2n) is 5.34. The van der Waals surface area contributed by atoms with Gasteiger partial charge in [0.1, 0.15) is 0 Å². The van der Waals surface area contributed by atoms with Crippen molar-refractivity contribution in [3.8, 4) is 0 Å². The van der Waals surface area contributed by atoms with E-state index >= 15 is 0 Å². The van der Waals surface area contributed by atoms with Gasteiger partial charge >= 0.3 is 0 Å². The maximum atomic E-state index is 12.6. The Bertz CT molecular complexity index is 616. The van der Waals surface area contributed by atoms with Crippen LogP contribution in [0.4, 0.5) is 0 Å². The molecule has 0 atom stereocenters. The minimum absolute atomic E-state index is 0.153. The Balaban J connectivity index is 2.10. The number of carbonyl (C=O) groups is 1. The van der Waals surface area contributed by atoms with E-state index < -0.39 is 0 Å². The molecule has 1 heterocycles. The molecule has 0 saturated heterocycles. The SMILES string of the molecule is CCN(Cc1ccccc1)C(=O)Cc1c(C)nn(C)c1C. The molecule has 0 unspecified atom stereocenters. The van der Waals surface area contributed by atoms with Crippen LogP contribution in [0.2, 0.25) is 0 Å². The van der Waals surface area contributed by atoms with E-state index in [1.165, 1.54) is 0 Å². The number of hydrogen-bond donors (Lipinski definition) is 0. The lowest BCUT2D eigenvalue weighted by Gasteiger charge is -2.21. The number of carbonyl (C=O) groups excluding carboxylic acids is 1. The van der Waals surface area contributed by atoms with Crippen molar-refractivity contribution in [3.63, 3.8) is 0 Å². The van der Waals surface area contributed by atoms with Crippen molar-refractivity contribution in [2.24, 2.45) is 7.05 Å². The fourth-order valence-electron chi connectivity index (χ4n) is 2.52. The highest BCUT2D eigenvalue weighted by Gasteiger charge is 2.17. The highest BCUT2D eigenvalue weighted by molar-refractivity contribution is 5.79. The molecule has 4 heteroatoms. The average molecular weight is 285 g/mol. The molecular weight excluding hydrogens is 262 g/mol. The van der Waals surface area contributed by atoms with Crippen molar-refractivity contribution in [1.82, 2.24) is 14.7 Å². The van der Waals surface area contributed by atoms with E-state index in [2.05, 4.69) is 17.2 Å². The van der Waals surface area contributed by atoms with E-state index in [1.807, 2.05) is 55.6 Å². The largest absolute Gasteiger partial charge is 0.338 e. The predicted octanol–water partition coefficient (Wildman–Crippen LogP) is 2.63. The van der Waals surface area contributed by atoms with Crippen molar-refractivity contribution in [2.75, 3.05) is 6.54 Å². The Morgan fingerprint density at radius 1 is 1.24 bits per heavy atom. The minimum atomic E-state index is 0.153. The Hall–Kier alpha value is -2.10. The van der Waals surface area contributed by atoms with Crippen LogP contribution in [0.15, 0.2) is 30.3 Å². The van der Waals surface area contributed by atoms with Gasteiger partial charge in [-0.2, -0.15) is 5.10 Å². The second kappa shape index (κ2) is 6.57. The number of benzene rings is 1. The predicted molar refractivity (Wildman–Crippen MR) is 83.9 cm³/mol. The molecule has 2 aromatic rings. The van der Waals surface area contributed by atoms with E-state index in [0.29, 0.717) is 19.5 Å². The Kier molecular flexibility index (Phi) is 4.78. The van der Waals surface area contributed by atoms with Crippen LogP contribution >= 0.6 is 0 Å². The molecule has 0 saturated carbocycles. The monoisotopic (exact) mass is 285 g/mol. The molecule has 21 heavy (non-hydrogen) atoms. The van der Waals surface area contributed by atoms with Crippen LogP contribution in [0, 0.1) is 13.8 Å². The number of likely N-dealkylation sites (N-methyl/N-ethyl adjacent to an activating group) is 1. The number of nitrogens with zero attached hydrogens (tertiary/aromatic N) is 3. The van der Waals surface area contributed by atoms with Crippen LogP contribution in [-0.4, -0.2) is 27.1 Å². The lowest BCUT2D eigenvalue weighted by molar-refractivity contribution is -0.130. The zero-order valence-corrected chi connectivity index (χ0v) is 13.3. The molecule has 0 aliphatic heterocycles. The topological polar surface area (TPSA) is 38.1 Å². The van der Waals surface area contributed by atoms with Crippen LogP contribution in [0.1, 0.15) is 29.4 Å². The maximum absolute atomic E-state index is 12.6. The molecule has 0 aliphatic rings. The molecule has 0 spiro atoms. The molecule has 112 valence electrons. The molecule has 1 amide bonds. The molecule has 1 aromatic carbocycles. The summed E-state index contributed by atoms with van der Waals surface area (Å²) < 4.78 is 1.84. The first-order valence-corrected chi connectivity index (χ1v) is 7.33. The van der Waals surface area contributed by atoms with Gasteiger partial charge in [-0.25, -0.2) is 0 Å². The van der Waals surface area contributed by atoms with Gasteiger partial charge in [0.2, 0.25) is 5.91 Å². The molecule has 0 bridgehead atoms. The van der Waals surface area contributed by atoms with Gasteiger partial charge in [-0.15, -0.1) is 0 Å². The highest BCUT2D eigenvalue weighted by Crippen LogP contribution is 2.15. The van der Waals surface area contributed by atoms with Gasteiger partial charge in [-0.1, -0.05) is 30.3 Å². The first-order valence-electron chi connectivity index (χ1n) is 7.33. The van der Waals surface area contributed by atoms with E-state index in [9.17, 15) is 4.79 Å². The molecule has 4 nitrogen and oxygen atoms in total. The summed E-state index contributed by atoms with van der Waals surface area (Å²) in [6, 6.07) is 10.1. The van der Waals surface area contributed by atoms with E-state index in [4.69, 9.17) is 0 Å². The highest BCUT2D eigenvalue weighted by atomic mass is 16.2.